The van der Waals surface area contributed by atoms with E-state index in [1.807, 2.05) is 19.0 Å². The van der Waals surface area contributed by atoms with E-state index in [0.29, 0.717) is 5.95 Å². The van der Waals surface area contributed by atoms with Crippen molar-refractivity contribution in [2.75, 3.05) is 48.8 Å². The van der Waals surface area contributed by atoms with E-state index < -0.39 is 0 Å². The number of aromatic nitrogens is 3. The van der Waals surface area contributed by atoms with E-state index in [1.54, 1.807) is 0 Å². The molecule has 1 N–H and O–H groups in total. The van der Waals surface area contributed by atoms with Crippen LogP contribution in [0.4, 0.5) is 17.8 Å². The average Bonchev–Trinajstić information content (AvgIpc) is 3.05. The molecule has 0 bridgehead atoms. The maximum atomic E-state index is 4.64. The minimum absolute atomic E-state index is 0.697. The zero-order chi connectivity index (χ0) is 14.8. The van der Waals surface area contributed by atoms with Gasteiger partial charge in [0.05, 0.1) is 0 Å². The summed E-state index contributed by atoms with van der Waals surface area (Å²) in [4.78, 5) is 18.0. The molecule has 21 heavy (non-hydrogen) atoms. The van der Waals surface area contributed by atoms with Crippen LogP contribution in [0.15, 0.2) is 0 Å². The van der Waals surface area contributed by atoms with Gasteiger partial charge in [-0.05, 0) is 31.1 Å². The molecule has 1 aromatic rings. The van der Waals surface area contributed by atoms with Gasteiger partial charge < -0.3 is 15.1 Å². The Morgan fingerprint density at radius 2 is 1.86 bits per heavy atom. The number of hydrogen-bond acceptors (Lipinski definition) is 6. The van der Waals surface area contributed by atoms with Gasteiger partial charge in [-0.2, -0.15) is 15.0 Å². The molecule has 3 rings (SSSR count). The van der Waals surface area contributed by atoms with Gasteiger partial charge in [-0.25, -0.2) is 0 Å². The summed E-state index contributed by atoms with van der Waals surface area (Å²) in [5, 5.41) is 3.29. The molecule has 6 heteroatoms. The van der Waals surface area contributed by atoms with Crippen LogP contribution in [0.2, 0.25) is 0 Å². The van der Waals surface area contributed by atoms with Crippen molar-refractivity contribution in [3.63, 3.8) is 0 Å². The number of hydrogen-bond donors (Lipinski definition) is 1. The van der Waals surface area contributed by atoms with Gasteiger partial charge >= 0.3 is 0 Å². The molecule has 0 aromatic carbocycles. The van der Waals surface area contributed by atoms with Crippen LogP contribution >= 0.6 is 0 Å². The quantitative estimate of drug-likeness (QED) is 0.895. The molecule has 116 valence electrons. The third-order valence-corrected chi connectivity index (χ3v) is 4.55. The molecule has 0 radical (unpaired) electrons. The van der Waals surface area contributed by atoms with Crippen molar-refractivity contribution in [1.82, 2.24) is 15.0 Å². The van der Waals surface area contributed by atoms with Crippen LogP contribution < -0.4 is 15.1 Å². The smallest absolute Gasteiger partial charge is 0.231 e. The highest BCUT2D eigenvalue weighted by Gasteiger charge is 2.37. The standard InChI is InChI=1S/C15H26N6/c1-4-8-16-13-17-14(20(2)3)19-15(18-13)21-9-11-6-5-7-12(11)10-21/h11-12H,4-10H2,1-3H3,(H,16,17,18,19). The van der Waals surface area contributed by atoms with Gasteiger partial charge in [0.1, 0.15) is 0 Å². The first-order valence-corrected chi connectivity index (χ1v) is 8.09. The van der Waals surface area contributed by atoms with Crippen molar-refractivity contribution in [3.8, 4) is 0 Å². The Morgan fingerprint density at radius 3 is 2.48 bits per heavy atom. The van der Waals surface area contributed by atoms with Crippen molar-refractivity contribution in [2.45, 2.75) is 32.6 Å². The summed E-state index contributed by atoms with van der Waals surface area (Å²) in [6.07, 6.45) is 5.19. The third-order valence-electron chi connectivity index (χ3n) is 4.55. The highest BCUT2D eigenvalue weighted by Crippen LogP contribution is 2.38. The highest BCUT2D eigenvalue weighted by molar-refractivity contribution is 5.45. The molecule has 1 saturated heterocycles. The fourth-order valence-corrected chi connectivity index (χ4v) is 3.41. The maximum Gasteiger partial charge on any atom is 0.231 e. The Bertz CT molecular complexity index is 477. The zero-order valence-electron chi connectivity index (χ0n) is 13.3. The monoisotopic (exact) mass is 290 g/mol. The highest BCUT2D eigenvalue weighted by atomic mass is 15.4. The summed E-state index contributed by atoms with van der Waals surface area (Å²) in [5.74, 6) is 3.95. The summed E-state index contributed by atoms with van der Waals surface area (Å²) in [6, 6.07) is 0. The van der Waals surface area contributed by atoms with E-state index in [9.17, 15) is 0 Å². The summed E-state index contributed by atoms with van der Waals surface area (Å²) in [7, 11) is 3.95. The molecule has 0 amide bonds. The fourth-order valence-electron chi connectivity index (χ4n) is 3.41. The normalized spacial score (nSPS) is 24.2. The van der Waals surface area contributed by atoms with Crippen LogP contribution in [-0.4, -0.2) is 48.7 Å². The van der Waals surface area contributed by atoms with E-state index >= 15 is 0 Å². The first-order chi connectivity index (χ1) is 10.2. The largest absolute Gasteiger partial charge is 0.354 e. The first kappa shape index (κ1) is 14.4. The zero-order valence-corrected chi connectivity index (χ0v) is 13.3. The molecule has 2 heterocycles. The van der Waals surface area contributed by atoms with E-state index in [0.717, 1.165) is 49.8 Å². The minimum atomic E-state index is 0.697. The lowest BCUT2D eigenvalue weighted by Crippen LogP contribution is -2.25. The number of anilines is 3. The third kappa shape index (κ3) is 3.04. The number of nitrogens with one attached hydrogen (secondary N) is 1. The molecule has 2 atom stereocenters. The second kappa shape index (κ2) is 6.03. The van der Waals surface area contributed by atoms with Gasteiger partial charge in [-0.3, -0.25) is 0 Å². The van der Waals surface area contributed by atoms with Crippen molar-refractivity contribution in [3.05, 3.63) is 0 Å². The van der Waals surface area contributed by atoms with Crippen LogP contribution in [-0.2, 0) is 0 Å². The number of nitrogens with zero attached hydrogens (tertiary/aromatic N) is 5. The summed E-state index contributed by atoms with van der Waals surface area (Å²) in [5.41, 5.74) is 0. The molecule has 0 spiro atoms. The van der Waals surface area contributed by atoms with Crippen molar-refractivity contribution in [1.29, 1.82) is 0 Å². The molecule has 2 aliphatic rings. The van der Waals surface area contributed by atoms with Crippen LogP contribution in [0.25, 0.3) is 0 Å². The topological polar surface area (TPSA) is 57.2 Å². The maximum absolute atomic E-state index is 4.64. The Balaban J connectivity index is 1.81. The van der Waals surface area contributed by atoms with Gasteiger partial charge in [-0.1, -0.05) is 13.3 Å². The first-order valence-electron chi connectivity index (χ1n) is 8.09. The molecule has 6 nitrogen and oxygen atoms in total. The Morgan fingerprint density at radius 1 is 1.14 bits per heavy atom. The molecule has 1 aromatic heterocycles. The fraction of sp³-hybridized carbons (Fsp3) is 0.800. The van der Waals surface area contributed by atoms with E-state index in [1.165, 1.54) is 19.3 Å². The van der Waals surface area contributed by atoms with Crippen molar-refractivity contribution < 1.29 is 0 Å². The van der Waals surface area contributed by atoms with Crippen LogP contribution in [0.5, 0.6) is 0 Å². The molecule has 1 aliphatic carbocycles. The minimum Gasteiger partial charge on any atom is -0.354 e. The second-order valence-corrected chi connectivity index (χ2v) is 6.44. The van der Waals surface area contributed by atoms with Crippen LogP contribution in [0, 0.1) is 11.8 Å². The van der Waals surface area contributed by atoms with Crippen molar-refractivity contribution in [2.24, 2.45) is 11.8 Å². The average molecular weight is 290 g/mol. The van der Waals surface area contributed by atoms with Gasteiger partial charge in [-0.15, -0.1) is 0 Å². The predicted molar refractivity (Wildman–Crippen MR) is 86.0 cm³/mol. The Kier molecular flexibility index (Phi) is 4.12. The van der Waals surface area contributed by atoms with E-state index in [-0.39, 0.29) is 0 Å². The Hall–Kier alpha value is -1.59. The van der Waals surface area contributed by atoms with Crippen molar-refractivity contribution >= 4 is 17.8 Å². The van der Waals surface area contributed by atoms with Gasteiger partial charge in [0.25, 0.3) is 0 Å². The van der Waals surface area contributed by atoms with Gasteiger partial charge in [0.15, 0.2) is 0 Å². The predicted octanol–water partition coefficient (Wildman–Crippen LogP) is 2.00. The molecule has 2 unspecified atom stereocenters. The lowest BCUT2D eigenvalue weighted by Gasteiger charge is -2.20. The lowest BCUT2D eigenvalue weighted by atomic mass is 10.0. The SMILES string of the molecule is CCCNc1nc(N(C)C)nc(N2CC3CCCC3C2)n1. The molecular weight excluding hydrogens is 264 g/mol. The molecular formula is C15H26N6. The summed E-state index contributed by atoms with van der Waals surface area (Å²) < 4.78 is 0. The van der Waals surface area contributed by atoms with Crippen LogP contribution in [0.3, 0.4) is 0 Å². The summed E-state index contributed by atoms with van der Waals surface area (Å²) >= 11 is 0. The number of fused-ring (bicyclic) bond motifs is 1. The molecule has 1 aliphatic heterocycles. The van der Waals surface area contributed by atoms with E-state index in [2.05, 4.69) is 32.1 Å². The van der Waals surface area contributed by atoms with Crippen LogP contribution in [0.1, 0.15) is 32.6 Å². The molecule has 2 fully saturated rings. The van der Waals surface area contributed by atoms with E-state index in [4.69, 9.17) is 0 Å². The van der Waals surface area contributed by atoms with Gasteiger partial charge in [0, 0.05) is 33.7 Å². The second-order valence-electron chi connectivity index (χ2n) is 6.44. The summed E-state index contributed by atoms with van der Waals surface area (Å²) in [6.45, 7) is 5.24. The Labute approximate surface area is 127 Å². The number of rotatable bonds is 5. The molecule has 1 saturated carbocycles. The van der Waals surface area contributed by atoms with Gasteiger partial charge in [0.2, 0.25) is 17.8 Å². The lowest BCUT2D eigenvalue weighted by molar-refractivity contribution is 0.494.